The zero-order chi connectivity index (χ0) is 13.8. The van der Waals surface area contributed by atoms with Crippen molar-refractivity contribution in [2.45, 2.75) is 31.3 Å². The molecule has 1 aliphatic rings. The Labute approximate surface area is 122 Å². The summed E-state index contributed by atoms with van der Waals surface area (Å²) >= 11 is 3.47. The number of hydrogen-bond donors (Lipinski definition) is 1. The van der Waals surface area contributed by atoms with Gasteiger partial charge >= 0.3 is 0 Å². The lowest BCUT2D eigenvalue weighted by Gasteiger charge is -2.27. The first-order valence-electron chi connectivity index (χ1n) is 6.38. The maximum Gasteiger partial charge on any atom is 0.240 e. The van der Waals surface area contributed by atoms with Crippen molar-refractivity contribution in [2.75, 3.05) is 6.54 Å². The van der Waals surface area contributed by atoms with Gasteiger partial charge in [-0.25, -0.2) is 0 Å². The first-order valence-corrected chi connectivity index (χ1v) is 7.17. The highest BCUT2D eigenvalue weighted by Gasteiger charge is 2.32. The van der Waals surface area contributed by atoms with Gasteiger partial charge in [-0.2, -0.15) is 0 Å². The van der Waals surface area contributed by atoms with Crippen LogP contribution in [0.25, 0.3) is 0 Å². The van der Waals surface area contributed by atoms with Crippen LogP contribution in [0, 0.1) is 12.3 Å². The number of terminal acetylenes is 1. The zero-order valence-electron chi connectivity index (χ0n) is 10.7. The van der Waals surface area contributed by atoms with Gasteiger partial charge in [-0.3, -0.25) is 4.79 Å². The van der Waals surface area contributed by atoms with Gasteiger partial charge in [-0.1, -0.05) is 28.1 Å². The fourth-order valence-corrected chi connectivity index (χ4v) is 2.94. The van der Waals surface area contributed by atoms with Gasteiger partial charge in [-0.15, -0.1) is 12.3 Å². The standard InChI is InChI=1S/C15H17BrN2O/c1-2-5-13(17)15(19)18-9-4-8-14(18)11-6-3-7-12(16)10-11/h1,3,6-7,10,13-14H,4-5,8-9,17H2. The fraction of sp³-hybridized carbons (Fsp3) is 0.400. The molecule has 1 saturated heterocycles. The SMILES string of the molecule is C#CCC(N)C(=O)N1CCCC1c1cccc(Br)c1. The molecule has 1 heterocycles. The maximum absolute atomic E-state index is 12.3. The number of amides is 1. The van der Waals surface area contributed by atoms with Crippen molar-refractivity contribution in [3.8, 4) is 12.3 Å². The molecule has 0 saturated carbocycles. The minimum atomic E-state index is -0.585. The van der Waals surface area contributed by atoms with Gasteiger partial charge in [0.15, 0.2) is 0 Å². The van der Waals surface area contributed by atoms with E-state index in [4.69, 9.17) is 12.2 Å². The van der Waals surface area contributed by atoms with E-state index >= 15 is 0 Å². The lowest BCUT2D eigenvalue weighted by atomic mass is 10.0. The highest BCUT2D eigenvalue weighted by molar-refractivity contribution is 9.10. The van der Waals surface area contributed by atoms with Gasteiger partial charge in [0, 0.05) is 17.4 Å². The summed E-state index contributed by atoms with van der Waals surface area (Å²) in [5, 5.41) is 0. The number of carbonyl (C=O) groups excluding carboxylic acids is 1. The molecular weight excluding hydrogens is 304 g/mol. The maximum atomic E-state index is 12.3. The van der Waals surface area contributed by atoms with E-state index in [9.17, 15) is 4.79 Å². The Kier molecular flexibility index (Phi) is 4.62. The largest absolute Gasteiger partial charge is 0.334 e. The van der Waals surface area contributed by atoms with Crippen LogP contribution in [-0.2, 0) is 4.79 Å². The highest BCUT2D eigenvalue weighted by atomic mass is 79.9. The topological polar surface area (TPSA) is 46.3 Å². The molecule has 0 spiro atoms. The number of halogens is 1. The fourth-order valence-electron chi connectivity index (χ4n) is 2.52. The molecule has 2 rings (SSSR count). The third-order valence-corrected chi connectivity index (χ3v) is 3.92. The molecule has 19 heavy (non-hydrogen) atoms. The van der Waals surface area contributed by atoms with E-state index in [1.807, 2.05) is 23.1 Å². The summed E-state index contributed by atoms with van der Waals surface area (Å²) in [5.41, 5.74) is 6.98. The number of likely N-dealkylation sites (tertiary alicyclic amines) is 1. The van der Waals surface area contributed by atoms with Gasteiger partial charge in [-0.05, 0) is 30.5 Å². The minimum Gasteiger partial charge on any atom is -0.334 e. The van der Waals surface area contributed by atoms with E-state index in [1.54, 1.807) is 0 Å². The summed E-state index contributed by atoms with van der Waals surface area (Å²) < 4.78 is 1.03. The van der Waals surface area contributed by atoms with Gasteiger partial charge in [0.25, 0.3) is 0 Å². The molecule has 0 bridgehead atoms. The number of benzene rings is 1. The van der Waals surface area contributed by atoms with E-state index in [-0.39, 0.29) is 11.9 Å². The molecule has 2 atom stereocenters. The van der Waals surface area contributed by atoms with Gasteiger partial charge in [0.1, 0.15) is 0 Å². The van der Waals surface area contributed by atoms with Crippen molar-refractivity contribution >= 4 is 21.8 Å². The van der Waals surface area contributed by atoms with Gasteiger partial charge in [0.05, 0.1) is 12.1 Å². The van der Waals surface area contributed by atoms with Crippen molar-refractivity contribution in [1.82, 2.24) is 4.90 Å². The zero-order valence-corrected chi connectivity index (χ0v) is 12.3. The van der Waals surface area contributed by atoms with E-state index in [0.29, 0.717) is 6.42 Å². The molecular formula is C15H17BrN2O. The average molecular weight is 321 g/mol. The molecule has 100 valence electrons. The van der Waals surface area contributed by atoms with Crippen molar-refractivity contribution in [3.05, 3.63) is 34.3 Å². The number of nitrogens with two attached hydrogens (primary N) is 1. The molecule has 1 amide bonds. The Morgan fingerprint density at radius 2 is 2.42 bits per heavy atom. The Balaban J connectivity index is 2.17. The smallest absolute Gasteiger partial charge is 0.240 e. The van der Waals surface area contributed by atoms with Crippen LogP contribution in [0.3, 0.4) is 0 Å². The van der Waals surface area contributed by atoms with Crippen LogP contribution in [0.5, 0.6) is 0 Å². The first kappa shape index (κ1) is 14.1. The lowest BCUT2D eigenvalue weighted by molar-refractivity contribution is -0.133. The number of rotatable bonds is 3. The lowest BCUT2D eigenvalue weighted by Crippen LogP contribution is -2.43. The number of nitrogens with zero attached hydrogens (tertiary/aromatic N) is 1. The predicted octanol–water partition coefficient (Wildman–Crippen LogP) is 2.46. The highest BCUT2D eigenvalue weighted by Crippen LogP contribution is 2.33. The van der Waals surface area contributed by atoms with Crippen molar-refractivity contribution < 1.29 is 4.79 Å². The molecule has 1 aromatic carbocycles. The van der Waals surface area contributed by atoms with Crippen LogP contribution in [0.15, 0.2) is 28.7 Å². The monoisotopic (exact) mass is 320 g/mol. The number of hydrogen-bond acceptors (Lipinski definition) is 2. The van der Waals surface area contributed by atoms with E-state index in [1.165, 1.54) is 0 Å². The second-order valence-corrected chi connectivity index (χ2v) is 5.68. The van der Waals surface area contributed by atoms with Crippen molar-refractivity contribution in [1.29, 1.82) is 0 Å². The number of carbonyl (C=O) groups is 1. The van der Waals surface area contributed by atoms with Crippen LogP contribution in [0.1, 0.15) is 30.9 Å². The summed E-state index contributed by atoms with van der Waals surface area (Å²) in [6, 6.07) is 7.61. The van der Waals surface area contributed by atoms with Crippen LogP contribution in [-0.4, -0.2) is 23.4 Å². The molecule has 4 heteroatoms. The first-order chi connectivity index (χ1) is 9.13. The second kappa shape index (κ2) is 6.23. The Morgan fingerprint density at radius 1 is 1.63 bits per heavy atom. The molecule has 2 N–H and O–H groups in total. The minimum absolute atomic E-state index is 0.0413. The van der Waals surface area contributed by atoms with Gasteiger partial charge in [0.2, 0.25) is 5.91 Å². The van der Waals surface area contributed by atoms with Crippen LogP contribution >= 0.6 is 15.9 Å². The summed E-state index contributed by atoms with van der Waals surface area (Å²) in [6.45, 7) is 0.758. The van der Waals surface area contributed by atoms with Crippen LogP contribution < -0.4 is 5.73 Å². The molecule has 0 radical (unpaired) electrons. The summed E-state index contributed by atoms with van der Waals surface area (Å²) in [6.07, 6.45) is 7.50. The Bertz CT molecular complexity index is 509. The van der Waals surface area contributed by atoms with E-state index in [0.717, 1.165) is 29.4 Å². The molecule has 1 aliphatic heterocycles. The Morgan fingerprint density at radius 3 is 3.11 bits per heavy atom. The van der Waals surface area contributed by atoms with Gasteiger partial charge < -0.3 is 10.6 Å². The molecule has 3 nitrogen and oxygen atoms in total. The van der Waals surface area contributed by atoms with Crippen LogP contribution in [0.2, 0.25) is 0 Å². The normalized spacial score (nSPS) is 20.1. The molecule has 1 fully saturated rings. The van der Waals surface area contributed by atoms with Crippen molar-refractivity contribution in [3.63, 3.8) is 0 Å². The van der Waals surface area contributed by atoms with Crippen molar-refractivity contribution in [2.24, 2.45) is 5.73 Å². The third-order valence-electron chi connectivity index (χ3n) is 3.42. The molecule has 2 unspecified atom stereocenters. The summed E-state index contributed by atoms with van der Waals surface area (Å²) in [4.78, 5) is 14.2. The predicted molar refractivity (Wildman–Crippen MR) is 79.3 cm³/mol. The third kappa shape index (κ3) is 3.17. The Hall–Kier alpha value is -1.31. The van der Waals surface area contributed by atoms with E-state index in [2.05, 4.69) is 27.9 Å². The average Bonchev–Trinajstić information content (AvgIpc) is 2.87. The van der Waals surface area contributed by atoms with E-state index < -0.39 is 6.04 Å². The molecule has 1 aromatic rings. The molecule has 0 aromatic heterocycles. The molecule has 0 aliphatic carbocycles. The van der Waals surface area contributed by atoms with Crippen LogP contribution in [0.4, 0.5) is 0 Å². The summed E-state index contributed by atoms with van der Waals surface area (Å²) in [7, 11) is 0. The second-order valence-electron chi connectivity index (χ2n) is 4.76. The summed E-state index contributed by atoms with van der Waals surface area (Å²) in [5.74, 6) is 2.41. The quantitative estimate of drug-likeness (QED) is 0.870.